The molecule has 0 aromatic heterocycles. The molecular formula is C12H23N3O2. The van der Waals surface area contributed by atoms with Gasteiger partial charge < -0.3 is 16.0 Å². The van der Waals surface area contributed by atoms with Crippen LogP contribution < -0.4 is 16.0 Å². The Balaban J connectivity index is 2.25. The van der Waals surface area contributed by atoms with Gasteiger partial charge in [-0.15, -0.1) is 0 Å². The molecule has 0 aliphatic heterocycles. The van der Waals surface area contributed by atoms with Gasteiger partial charge in [0.2, 0.25) is 5.91 Å². The zero-order chi connectivity index (χ0) is 12.7. The van der Waals surface area contributed by atoms with Gasteiger partial charge in [0.05, 0.1) is 0 Å². The lowest BCUT2D eigenvalue weighted by atomic mass is 9.96. The molecule has 5 nitrogen and oxygen atoms in total. The molecule has 17 heavy (non-hydrogen) atoms. The first-order valence-electron chi connectivity index (χ1n) is 6.48. The fourth-order valence-corrected chi connectivity index (χ4v) is 2.06. The second kappa shape index (κ2) is 7.14. The number of hydrogen-bond acceptors (Lipinski definition) is 2. The molecule has 0 bridgehead atoms. The van der Waals surface area contributed by atoms with Gasteiger partial charge in [-0.2, -0.15) is 0 Å². The highest BCUT2D eigenvalue weighted by atomic mass is 16.2. The number of carbonyl (C=O) groups is 2. The van der Waals surface area contributed by atoms with Crippen LogP contribution in [0.25, 0.3) is 0 Å². The van der Waals surface area contributed by atoms with Crippen LogP contribution in [0.4, 0.5) is 4.79 Å². The first kappa shape index (κ1) is 13.8. The van der Waals surface area contributed by atoms with Crippen molar-refractivity contribution in [3.63, 3.8) is 0 Å². The van der Waals surface area contributed by atoms with E-state index in [1.165, 1.54) is 19.3 Å². The summed E-state index contributed by atoms with van der Waals surface area (Å²) in [7, 11) is 0. The Kier molecular flexibility index (Phi) is 5.80. The lowest BCUT2D eigenvalue weighted by molar-refractivity contribution is -0.122. The highest BCUT2D eigenvalue weighted by Gasteiger charge is 2.18. The molecule has 5 heteroatoms. The smallest absolute Gasteiger partial charge is 0.315 e. The average molecular weight is 241 g/mol. The zero-order valence-corrected chi connectivity index (χ0v) is 10.7. The van der Waals surface area contributed by atoms with E-state index >= 15 is 0 Å². The van der Waals surface area contributed by atoms with Crippen LogP contribution in [0, 0.1) is 0 Å². The molecule has 1 aliphatic rings. The number of rotatable bonds is 4. The third-order valence-electron chi connectivity index (χ3n) is 3.03. The van der Waals surface area contributed by atoms with Gasteiger partial charge in [0.15, 0.2) is 0 Å². The minimum atomic E-state index is -0.487. The van der Waals surface area contributed by atoms with Gasteiger partial charge in [-0.1, -0.05) is 19.3 Å². The molecule has 0 aromatic rings. The molecule has 0 saturated heterocycles. The fourth-order valence-electron chi connectivity index (χ4n) is 2.06. The van der Waals surface area contributed by atoms with E-state index in [-0.39, 0.29) is 18.0 Å². The normalized spacial score (nSPS) is 18.2. The van der Waals surface area contributed by atoms with E-state index in [4.69, 9.17) is 0 Å². The van der Waals surface area contributed by atoms with Crippen molar-refractivity contribution in [2.45, 2.75) is 58.0 Å². The fraction of sp³-hybridized carbons (Fsp3) is 0.833. The Morgan fingerprint density at radius 2 is 1.88 bits per heavy atom. The van der Waals surface area contributed by atoms with Crippen molar-refractivity contribution in [1.29, 1.82) is 0 Å². The van der Waals surface area contributed by atoms with Crippen molar-refractivity contribution in [1.82, 2.24) is 16.0 Å². The second-order valence-electron chi connectivity index (χ2n) is 4.57. The molecule has 3 N–H and O–H groups in total. The summed E-state index contributed by atoms with van der Waals surface area (Å²) >= 11 is 0. The molecule has 1 fully saturated rings. The van der Waals surface area contributed by atoms with Crippen molar-refractivity contribution in [2.24, 2.45) is 0 Å². The van der Waals surface area contributed by atoms with Crippen LogP contribution in [0.2, 0.25) is 0 Å². The summed E-state index contributed by atoms with van der Waals surface area (Å²) in [5.74, 6) is -0.147. The molecule has 0 radical (unpaired) electrons. The second-order valence-corrected chi connectivity index (χ2v) is 4.57. The van der Waals surface area contributed by atoms with Crippen molar-refractivity contribution in [2.75, 3.05) is 6.54 Å². The van der Waals surface area contributed by atoms with Crippen LogP contribution in [0.15, 0.2) is 0 Å². The summed E-state index contributed by atoms with van der Waals surface area (Å²) in [6.07, 6.45) is 5.70. The van der Waals surface area contributed by atoms with Crippen LogP contribution in [-0.4, -0.2) is 30.6 Å². The van der Waals surface area contributed by atoms with Gasteiger partial charge in [0.25, 0.3) is 0 Å². The Morgan fingerprint density at radius 1 is 1.24 bits per heavy atom. The number of amides is 3. The summed E-state index contributed by atoms with van der Waals surface area (Å²) < 4.78 is 0. The van der Waals surface area contributed by atoms with Gasteiger partial charge in [0.1, 0.15) is 6.04 Å². The number of urea groups is 1. The quantitative estimate of drug-likeness (QED) is 0.691. The Bertz CT molecular complexity index is 262. The van der Waals surface area contributed by atoms with Crippen molar-refractivity contribution in [3.05, 3.63) is 0 Å². The molecule has 1 rings (SSSR count). The highest BCUT2D eigenvalue weighted by molar-refractivity contribution is 5.86. The molecule has 3 amide bonds. The van der Waals surface area contributed by atoms with Crippen LogP contribution >= 0.6 is 0 Å². The maximum absolute atomic E-state index is 11.6. The first-order chi connectivity index (χ1) is 8.13. The van der Waals surface area contributed by atoms with E-state index in [1.54, 1.807) is 6.92 Å². The first-order valence-corrected chi connectivity index (χ1v) is 6.48. The summed E-state index contributed by atoms with van der Waals surface area (Å²) in [6.45, 7) is 4.12. The highest BCUT2D eigenvalue weighted by Crippen LogP contribution is 2.17. The van der Waals surface area contributed by atoms with Gasteiger partial charge in [0, 0.05) is 12.6 Å². The number of carbonyl (C=O) groups excluding carboxylic acids is 2. The molecule has 0 aromatic carbocycles. The SMILES string of the molecule is CCNC(=O)[C@H](C)NC(=O)NC1CCCCC1. The third-order valence-corrected chi connectivity index (χ3v) is 3.03. The van der Waals surface area contributed by atoms with Gasteiger partial charge in [-0.25, -0.2) is 4.79 Å². The Morgan fingerprint density at radius 3 is 2.47 bits per heavy atom. The van der Waals surface area contributed by atoms with Crippen LogP contribution in [0.5, 0.6) is 0 Å². The monoisotopic (exact) mass is 241 g/mol. The van der Waals surface area contributed by atoms with Crippen molar-refractivity contribution in [3.8, 4) is 0 Å². The van der Waals surface area contributed by atoms with Gasteiger partial charge in [-0.3, -0.25) is 4.79 Å². The standard InChI is InChI=1S/C12H23N3O2/c1-3-13-11(16)9(2)14-12(17)15-10-7-5-4-6-8-10/h9-10H,3-8H2,1-2H3,(H,13,16)(H2,14,15,17)/t9-/m0/s1. The van der Waals surface area contributed by atoms with E-state index in [2.05, 4.69) is 16.0 Å². The molecule has 0 unspecified atom stereocenters. The van der Waals surface area contributed by atoms with Crippen LogP contribution in [-0.2, 0) is 4.79 Å². The maximum atomic E-state index is 11.6. The van der Waals surface area contributed by atoms with Gasteiger partial charge >= 0.3 is 6.03 Å². The summed E-state index contributed by atoms with van der Waals surface area (Å²) in [5, 5.41) is 8.24. The molecule has 1 atom stereocenters. The molecule has 0 spiro atoms. The van der Waals surface area contributed by atoms with Crippen LogP contribution in [0.1, 0.15) is 46.0 Å². The van der Waals surface area contributed by atoms with Gasteiger partial charge in [-0.05, 0) is 26.7 Å². The summed E-state index contributed by atoms with van der Waals surface area (Å²) in [6, 6.07) is -0.459. The Hall–Kier alpha value is -1.26. The number of nitrogens with one attached hydrogen (secondary N) is 3. The molecular weight excluding hydrogens is 218 g/mol. The minimum Gasteiger partial charge on any atom is -0.355 e. The molecule has 98 valence electrons. The van der Waals surface area contributed by atoms with Crippen molar-refractivity contribution >= 4 is 11.9 Å². The lowest BCUT2D eigenvalue weighted by Crippen LogP contribution is -2.50. The number of likely N-dealkylation sites (N-methyl/N-ethyl adjacent to an activating group) is 1. The van der Waals surface area contributed by atoms with Crippen molar-refractivity contribution < 1.29 is 9.59 Å². The predicted molar refractivity (Wildman–Crippen MR) is 66.7 cm³/mol. The zero-order valence-electron chi connectivity index (χ0n) is 10.7. The maximum Gasteiger partial charge on any atom is 0.315 e. The summed E-state index contributed by atoms with van der Waals surface area (Å²) in [5.41, 5.74) is 0. The third kappa shape index (κ3) is 5.06. The van der Waals surface area contributed by atoms with Crippen LogP contribution in [0.3, 0.4) is 0 Å². The topological polar surface area (TPSA) is 70.2 Å². The number of hydrogen-bond donors (Lipinski definition) is 3. The van der Waals surface area contributed by atoms with E-state index in [1.807, 2.05) is 6.92 Å². The molecule has 1 aliphatic carbocycles. The average Bonchev–Trinajstić information content (AvgIpc) is 2.30. The predicted octanol–water partition coefficient (Wildman–Crippen LogP) is 1.14. The molecule has 0 heterocycles. The lowest BCUT2D eigenvalue weighted by Gasteiger charge is -2.23. The van der Waals surface area contributed by atoms with E-state index in [0.717, 1.165) is 12.8 Å². The minimum absolute atomic E-state index is 0.147. The van der Waals surface area contributed by atoms with E-state index < -0.39 is 6.04 Å². The summed E-state index contributed by atoms with van der Waals surface area (Å²) in [4.78, 5) is 23.0. The molecule has 1 saturated carbocycles. The Labute approximate surface area is 103 Å². The van der Waals surface area contributed by atoms with E-state index in [0.29, 0.717) is 6.54 Å². The van der Waals surface area contributed by atoms with E-state index in [9.17, 15) is 9.59 Å². The largest absolute Gasteiger partial charge is 0.355 e.